The van der Waals surface area contributed by atoms with Crippen molar-refractivity contribution in [2.45, 2.75) is 5.92 Å². The highest BCUT2D eigenvalue weighted by Gasteiger charge is 2.41. The van der Waals surface area contributed by atoms with Gasteiger partial charge in [0.2, 0.25) is 0 Å². The Kier molecular flexibility index (Phi) is 4.12. The van der Waals surface area contributed by atoms with E-state index in [4.69, 9.17) is 9.47 Å². The summed E-state index contributed by atoms with van der Waals surface area (Å²) in [6.07, 6.45) is 0. The largest absolute Gasteiger partial charge is 0.497 e. The minimum absolute atomic E-state index is 0.0771. The molecule has 2 aromatic rings. The molecule has 0 radical (unpaired) electrons. The quantitative estimate of drug-likeness (QED) is 0.855. The first-order valence-electron chi connectivity index (χ1n) is 8.36. The van der Waals surface area contributed by atoms with Gasteiger partial charge in [-0.15, -0.1) is 0 Å². The van der Waals surface area contributed by atoms with E-state index < -0.39 is 11.9 Å². The van der Waals surface area contributed by atoms with Gasteiger partial charge < -0.3 is 19.5 Å². The Morgan fingerprint density at radius 2 is 2.15 bits per heavy atom. The normalized spacial score (nSPS) is 18.5. The van der Waals surface area contributed by atoms with Gasteiger partial charge in [0.05, 0.1) is 25.0 Å². The second-order valence-corrected chi connectivity index (χ2v) is 6.22. The summed E-state index contributed by atoms with van der Waals surface area (Å²) < 4.78 is 24.5. The van der Waals surface area contributed by atoms with E-state index in [1.165, 1.54) is 12.1 Å². The average molecular weight is 355 g/mol. The Morgan fingerprint density at radius 3 is 2.88 bits per heavy atom. The highest BCUT2D eigenvalue weighted by molar-refractivity contribution is 5.97. The lowest BCUT2D eigenvalue weighted by molar-refractivity contribution is -0.136. The van der Waals surface area contributed by atoms with Crippen LogP contribution >= 0.6 is 0 Å². The van der Waals surface area contributed by atoms with Crippen LogP contribution in [0.25, 0.3) is 0 Å². The summed E-state index contributed by atoms with van der Waals surface area (Å²) in [4.78, 5) is 14.4. The van der Waals surface area contributed by atoms with Crippen LogP contribution in [0.1, 0.15) is 17.0 Å². The van der Waals surface area contributed by atoms with Crippen molar-refractivity contribution in [3.63, 3.8) is 0 Å². The predicted octanol–water partition coefficient (Wildman–Crippen LogP) is 2.59. The maximum absolute atomic E-state index is 13.9. The topological polar surface area (TPSA) is 59.0 Å². The molecule has 26 heavy (non-hydrogen) atoms. The number of β-amino-alcohol motifs (C(OH)–C–C–N with tert-alkyl or cyclic N) is 1. The lowest BCUT2D eigenvalue weighted by atomic mass is 9.80. The monoisotopic (exact) mass is 355 g/mol. The van der Waals surface area contributed by atoms with Gasteiger partial charge in [0.15, 0.2) is 0 Å². The molecule has 2 heterocycles. The van der Waals surface area contributed by atoms with Crippen LogP contribution in [-0.4, -0.2) is 37.9 Å². The van der Waals surface area contributed by atoms with Gasteiger partial charge in [-0.25, -0.2) is 9.18 Å². The van der Waals surface area contributed by atoms with Gasteiger partial charge in [-0.3, -0.25) is 0 Å². The summed E-state index contributed by atoms with van der Waals surface area (Å²) in [5, 5.41) is 9.50. The maximum atomic E-state index is 13.9. The van der Waals surface area contributed by atoms with Gasteiger partial charge in [-0.2, -0.15) is 0 Å². The molecular formula is C20H18FNO4. The third-order valence-corrected chi connectivity index (χ3v) is 4.83. The van der Waals surface area contributed by atoms with Gasteiger partial charge >= 0.3 is 5.97 Å². The van der Waals surface area contributed by atoms with Crippen molar-refractivity contribution >= 4 is 11.7 Å². The fraction of sp³-hybridized carbons (Fsp3) is 0.250. The van der Waals surface area contributed by atoms with E-state index in [1.807, 2.05) is 23.1 Å². The van der Waals surface area contributed by atoms with Crippen molar-refractivity contribution in [3.05, 3.63) is 70.7 Å². The molecular weight excluding hydrogens is 337 g/mol. The molecule has 0 amide bonds. The lowest BCUT2D eigenvalue weighted by Crippen LogP contribution is -2.33. The van der Waals surface area contributed by atoms with Crippen LogP contribution in [0.4, 0.5) is 10.1 Å². The van der Waals surface area contributed by atoms with Crippen LogP contribution in [0.2, 0.25) is 0 Å². The minimum atomic E-state index is -0.424. The molecule has 2 aliphatic rings. The summed E-state index contributed by atoms with van der Waals surface area (Å²) in [7, 11) is 1.58. The Hall–Kier alpha value is -2.86. The second-order valence-electron chi connectivity index (χ2n) is 6.22. The first kappa shape index (κ1) is 16.6. The lowest BCUT2D eigenvalue weighted by Gasteiger charge is -2.35. The summed E-state index contributed by atoms with van der Waals surface area (Å²) in [5.41, 5.74) is 3.57. The van der Waals surface area contributed by atoms with Crippen LogP contribution in [0, 0.1) is 5.82 Å². The van der Waals surface area contributed by atoms with Crippen molar-refractivity contribution in [2.24, 2.45) is 0 Å². The maximum Gasteiger partial charge on any atom is 0.337 e. The fourth-order valence-electron chi connectivity index (χ4n) is 3.73. The number of nitrogens with zero attached hydrogens (tertiary/aromatic N) is 1. The zero-order valence-corrected chi connectivity index (χ0v) is 14.2. The van der Waals surface area contributed by atoms with Crippen molar-refractivity contribution in [2.75, 3.05) is 31.8 Å². The number of esters is 1. The van der Waals surface area contributed by atoms with E-state index in [9.17, 15) is 14.3 Å². The molecule has 2 aliphatic heterocycles. The standard InChI is InChI=1S/C20H18FNO4/c1-25-14-5-6-15-16(10-14)22(7-8-23)17-11-26-20(24)19(17)18(15)12-3-2-4-13(21)9-12/h2-6,9-10,18,23H,7-8,11H2,1H3. The first-order valence-corrected chi connectivity index (χ1v) is 8.36. The van der Waals surface area contributed by atoms with E-state index in [2.05, 4.69) is 0 Å². The molecule has 134 valence electrons. The number of halogens is 1. The number of cyclic esters (lactones) is 1. The third kappa shape index (κ3) is 2.54. The first-order chi connectivity index (χ1) is 12.6. The number of methoxy groups -OCH3 is 1. The number of carbonyl (C=O) groups excluding carboxylic acids is 1. The van der Waals surface area contributed by atoms with Gasteiger partial charge in [0.1, 0.15) is 18.2 Å². The van der Waals surface area contributed by atoms with E-state index >= 15 is 0 Å². The average Bonchev–Trinajstić information content (AvgIpc) is 3.03. The number of fused-ring (bicyclic) bond motifs is 1. The SMILES string of the molecule is COc1ccc2c(c1)N(CCO)C1=C(C(=O)OC1)C2c1cccc(F)c1. The van der Waals surface area contributed by atoms with Crippen molar-refractivity contribution in [3.8, 4) is 5.75 Å². The highest BCUT2D eigenvalue weighted by Crippen LogP contribution is 2.48. The summed E-state index contributed by atoms with van der Waals surface area (Å²) in [6.45, 7) is 0.383. The number of ether oxygens (including phenoxy) is 2. The summed E-state index contributed by atoms with van der Waals surface area (Å²) in [5.74, 6) is -0.520. The number of hydrogen-bond acceptors (Lipinski definition) is 5. The molecule has 0 aromatic heterocycles. The number of aliphatic hydroxyl groups excluding tert-OH is 1. The fourth-order valence-corrected chi connectivity index (χ4v) is 3.73. The Balaban J connectivity index is 1.96. The van der Waals surface area contributed by atoms with Crippen LogP contribution in [0.3, 0.4) is 0 Å². The van der Waals surface area contributed by atoms with Gasteiger partial charge in [0, 0.05) is 24.2 Å². The van der Waals surface area contributed by atoms with Crippen molar-refractivity contribution in [1.29, 1.82) is 0 Å². The number of benzene rings is 2. The number of hydrogen-bond donors (Lipinski definition) is 1. The number of anilines is 1. The number of rotatable bonds is 4. The van der Waals surface area contributed by atoms with Crippen molar-refractivity contribution in [1.82, 2.24) is 0 Å². The smallest absolute Gasteiger partial charge is 0.337 e. The zero-order valence-electron chi connectivity index (χ0n) is 14.2. The number of aliphatic hydroxyl groups is 1. The molecule has 1 atom stereocenters. The van der Waals surface area contributed by atoms with Crippen LogP contribution in [-0.2, 0) is 9.53 Å². The second kappa shape index (κ2) is 6.46. The summed E-state index contributed by atoms with van der Waals surface area (Å²) in [6, 6.07) is 11.8. The molecule has 0 bridgehead atoms. The molecule has 6 heteroatoms. The van der Waals surface area contributed by atoms with E-state index in [0.717, 1.165) is 11.3 Å². The molecule has 0 saturated heterocycles. The molecule has 1 unspecified atom stereocenters. The minimum Gasteiger partial charge on any atom is -0.497 e. The molecule has 0 fully saturated rings. The van der Waals surface area contributed by atoms with Crippen LogP contribution in [0.5, 0.6) is 5.75 Å². The van der Waals surface area contributed by atoms with E-state index in [0.29, 0.717) is 29.1 Å². The van der Waals surface area contributed by atoms with Gasteiger partial charge in [0.25, 0.3) is 0 Å². The summed E-state index contributed by atoms with van der Waals surface area (Å²) >= 11 is 0. The Bertz CT molecular complexity index is 908. The Labute approximate surface area is 150 Å². The highest BCUT2D eigenvalue weighted by atomic mass is 19.1. The van der Waals surface area contributed by atoms with Gasteiger partial charge in [-0.05, 0) is 29.3 Å². The molecule has 2 aromatic carbocycles. The molecule has 0 saturated carbocycles. The zero-order chi connectivity index (χ0) is 18.3. The third-order valence-electron chi connectivity index (χ3n) is 4.83. The van der Waals surface area contributed by atoms with Crippen molar-refractivity contribution < 1.29 is 23.8 Å². The van der Waals surface area contributed by atoms with Crippen LogP contribution in [0.15, 0.2) is 53.7 Å². The molecule has 0 aliphatic carbocycles. The molecule has 0 spiro atoms. The van der Waals surface area contributed by atoms with Crippen LogP contribution < -0.4 is 9.64 Å². The van der Waals surface area contributed by atoms with E-state index in [1.54, 1.807) is 19.2 Å². The van der Waals surface area contributed by atoms with E-state index in [-0.39, 0.29) is 19.0 Å². The molecule has 5 nitrogen and oxygen atoms in total. The predicted molar refractivity (Wildman–Crippen MR) is 93.7 cm³/mol. The van der Waals surface area contributed by atoms with Gasteiger partial charge in [-0.1, -0.05) is 18.2 Å². The Morgan fingerprint density at radius 1 is 1.31 bits per heavy atom. The number of carbonyl (C=O) groups is 1. The molecule has 4 rings (SSSR count). The molecule has 1 N–H and O–H groups in total.